The number of nitrogens with zero attached hydrogens (tertiary/aromatic N) is 1. The first-order valence-corrected chi connectivity index (χ1v) is 8.46. The van der Waals surface area contributed by atoms with Crippen molar-refractivity contribution in [2.75, 3.05) is 13.7 Å². The van der Waals surface area contributed by atoms with Crippen LogP contribution >= 0.6 is 0 Å². The van der Waals surface area contributed by atoms with Gasteiger partial charge in [0.05, 0.1) is 12.7 Å². The van der Waals surface area contributed by atoms with Gasteiger partial charge in [0.15, 0.2) is 5.76 Å². The zero-order chi connectivity index (χ0) is 17.3. The van der Waals surface area contributed by atoms with Crippen LogP contribution in [0.1, 0.15) is 46.0 Å². The summed E-state index contributed by atoms with van der Waals surface area (Å²) >= 11 is 0. The van der Waals surface area contributed by atoms with Crippen molar-refractivity contribution in [3.63, 3.8) is 0 Å². The zero-order valence-corrected chi connectivity index (χ0v) is 14.2. The van der Waals surface area contributed by atoms with Crippen LogP contribution in [0.5, 0.6) is 0 Å². The number of amides is 1. The SMILES string of the molecule is COC1=C(C)C(=O)OC12C(=O)C(C)=C1CCCCN3C(=O)CCC132. The topological polar surface area (TPSA) is 72.9 Å². The van der Waals surface area contributed by atoms with Gasteiger partial charge in [0.25, 0.3) is 5.60 Å². The van der Waals surface area contributed by atoms with Crippen LogP contribution in [0.4, 0.5) is 0 Å². The Hall–Kier alpha value is -2.11. The maximum atomic E-state index is 13.3. The largest absolute Gasteiger partial charge is 0.496 e. The third kappa shape index (κ3) is 1.41. The second-order valence-corrected chi connectivity index (χ2v) is 7.02. The Morgan fingerprint density at radius 2 is 1.83 bits per heavy atom. The maximum absolute atomic E-state index is 13.3. The molecular weight excluding hydrogens is 310 g/mol. The summed E-state index contributed by atoms with van der Waals surface area (Å²) in [5, 5.41) is 0. The molecule has 3 aliphatic heterocycles. The second kappa shape index (κ2) is 4.71. The first kappa shape index (κ1) is 15.4. The number of rotatable bonds is 1. The van der Waals surface area contributed by atoms with Crippen molar-refractivity contribution in [3.05, 3.63) is 22.5 Å². The number of ketones is 1. The summed E-state index contributed by atoms with van der Waals surface area (Å²) < 4.78 is 11.3. The molecule has 2 atom stereocenters. The number of hydrogen-bond acceptors (Lipinski definition) is 5. The highest BCUT2D eigenvalue weighted by atomic mass is 16.6. The lowest BCUT2D eigenvalue weighted by atomic mass is 9.73. The molecule has 2 spiro atoms. The summed E-state index contributed by atoms with van der Waals surface area (Å²) in [6.07, 6.45) is 3.39. The Balaban J connectivity index is 2.05. The van der Waals surface area contributed by atoms with Gasteiger partial charge in [0.1, 0.15) is 5.54 Å². The van der Waals surface area contributed by atoms with Gasteiger partial charge in [-0.1, -0.05) is 0 Å². The molecule has 0 bridgehead atoms. The van der Waals surface area contributed by atoms with Crippen molar-refractivity contribution in [1.82, 2.24) is 4.90 Å². The van der Waals surface area contributed by atoms with Crippen LogP contribution in [0.2, 0.25) is 0 Å². The first-order valence-electron chi connectivity index (χ1n) is 8.46. The van der Waals surface area contributed by atoms with E-state index >= 15 is 0 Å². The highest BCUT2D eigenvalue weighted by Gasteiger charge is 2.76. The van der Waals surface area contributed by atoms with Gasteiger partial charge in [-0.2, -0.15) is 0 Å². The molecule has 24 heavy (non-hydrogen) atoms. The van der Waals surface area contributed by atoms with Crippen molar-refractivity contribution in [3.8, 4) is 0 Å². The van der Waals surface area contributed by atoms with E-state index in [4.69, 9.17) is 9.47 Å². The fourth-order valence-electron chi connectivity index (χ4n) is 5.18. The summed E-state index contributed by atoms with van der Waals surface area (Å²) in [6.45, 7) is 3.98. The molecule has 0 aromatic carbocycles. The van der Waals surface area contributed by atoms with E-state index < -0.39 is 17.1 Å². The van der Waals surface area contributed by atoms with Crippen LogP contribution in [-0.4, -0.2) is 47.4 Å². The van der Waals surface area contributed by atoms with Gasteiger partial charge in [-0.05, 0) is 50.7 Å². The van der Waals surface area contributed by atoms with Gasteiger partial charge in [-0.15, -0.1) is 0 Å². The molecule has 4 rings (SSSR count). The van der Waals surface area contributed by atoms with E-state index in [1.165, 1.54) is 7.11 Å². The lowest BCUT2D eigenvalue weighted by Crippen LogP contribution is -2.64. The molecule has 2 saturated heterocycles. The molecule has 6 heteroatoms. The number of hydrogen-bond donors (Lipinski definition) is 0. The predicted molar refractivity (Wildman–Crippen MR) is 83.8 cm³/mol. The molecule has 2 fully saturated rings. The maximum Gasteiger partial charge on any atom is 0.338 e. The van der Waals surface area contributed by atoms with Gasteiger partial charge in [0.2, 0.25) is 11.7 Å². The van der Waals surface area contributed by atoms with E-state index in [0.29, 0.717) is 30.5 Å². The highest BCUT2D eigenvalue weighted by molar-refractivity contribution is 6.14. The third-order valence-corrected chi connectivity index (χ3v) is 6.13. The monoisotopic (exact) mass is 331 g/mol. The van der Waals surface area contributed by atoms with Gasteiger partial charge >= 0.3 is 5.97 Å². The predicted octanol–water partition coefficient (Wildman–Crippen LogP) is 1.65. The summed E-state index contributed by atoms with van der Waals surface area (Å²) in [7, 11) is 1.46. The van der Waals surface area contributed by atoms with Crippen LogP contribution in [0.25, 0.3) is 0 Å². The first-order chi connectivity index (χ1) is 11.4. The van der Waals surface area contributed by atoms with Gasteiger partial charge in [-0.3, -0.25) is 9.59 Å². The summed E-state index contributed by atoms with van der Waals surface area (Å²) in [4.78, 5) is 40.1. The van der Waals surface area contributed by atoms with Crippen LogP contribution < -0.4 is 0 Å². The molecule has 4 aliphatic rings. The minimum absolute atomic E-state index is 0.0207. The number of ether oxygens (including phenoxy) is 2. The molecular formula is C18H21NO5. The average molecular weight is 331 g/mol. The smallest absolute Gasteiger partial charge is 0.338 e. The zero-order valence-electron chi connectivity index (χ0n) is 14.2. The fraction of sp³-hybridized carbons (Fsp3) is 0.611. The van der Waals surface area contributed by atoms with Crippen molar-refractivity contribution in [2.24, 2.45) is 0 Å². The lowest BCUT2D eigenvalue weighted by Gasteiger charge is -2.45. The van der Waals surface area contributed by atoms with E-state index in [9.17, 15) is 14.4 Å². The normalized spacial score (nSPS) is 35.6. The lowest BCUT2D eigenvalue weighted by molar-refractivity contribution is -0.168. The van der Waals surface area contributed by atoms with E-state index in [1.54, 1.807) is 18.7 Å². The Bertz CT molecular complexity index is 749. The summed E-state index contributed by atoms with van der Waals surface area (Å²) in [5.41, 5.74) is -0.543. The Kier molecular flexibility index (Phi) is 3.03. The Morgan fingerprint density at radius 1 is 1.08 bits per heavy atom. The Morgan fingerprint density at radius 3 is 2.54 bits per heavy atom. The number of esters is 1. The minimum Gasteiger partial charge on any atom is -0.496 e. The van der Waals surface area contributed by atoms with Crippen LogP contribution in [0, 0.1) is 0 Å². The summed E-state index contributed by atoms with van der Waals surface area (Å²) in [5.74, 6) is -0.478. The second-order valence-electron chi connectivity index (χ2n) is 7.02. The van der Waals surface area contributed by atoms with Crippen LogP contribution in [0.3, 0.4) is 0 Å². The van der Waals surface area contributed by atoms with E-state index in [0.717, 1.165) is 24.8 Å². The molecule has 0 radical (unpaired) electrons. The fourth-order valence-corrected chi connectivity index (χ4v) is 5.18. The van der Waals surface area contributed by atoms with Crippen molar-refractivity contribution >= 4 is 17.7 Å². The van der Waals surface area contributed by atoms with Crippen molar-refractivity contribution < 1.29 is 23.9 Å². The molecule has 128 valence electrons. The van der Waals surface area contributed by atoms with Gasteiger partial charge in [-0.25, -0.2) is 4.79 Å². The Labute approximate surface area is 140 Å². The van der Waals surface area contributed by atoms with Crippen molar-refractivity contribution in [1.29, 1.82) is 0 Å². The molecule has 6 nitrogen and oxygen atoms in total. The molecule has 0 saturated carbocycles. The van der Waals surface area contributed by atoms with Gasteiger partial charge in [0, 0.05) is 13.0 Å². The third-order valence-electron chi connectivity index (χ3n) is 6.13. The van der Waals surface area contributed by atoms with Gasteiger partial charge < -0.3 is 14.4 Å². The quantitative estimate of drug-likeness (QED) is 0.683. The molecule has 0 aromatic rings. The highest BCUT2D eigenvalue weighted by Crippen LogP contribution is 2.60. The van der Waals surface area contributed by atoms with E-state index in [1.807, 2.05) is 0 Å². The standard InChI is InChI=1S/C18H21NO5/c1-10-12-6-4-5-9-19-13(20)7-8-17(12,19)18(14(10)21)15(23-3)11(2)16(22)24-18/h4-9H2,1-3H3. The molecule has 3 heterocycles. The van der Waals surface area contributed by atoms with E-state index in [2.05, 4.69) is 0 Å². The van der Waals surface area contributed by atoms with Crippen LogP contribution in [0.15, 0.2) is 22.5 Å². The number of carbonyl (C=O) groups is 3. The minimum atomic E-state index is -1.53. The molecule has 1 amide bonds. The molecule has 0 N–H and O–H groups in total. The van der Waals surface area contributed by atoms with Crippen molar-refractivity contribution in [2.45, 2.75) is 57.1 Å². The van der Waals surface area contributed by atoms with Crippen LogP contribution in [-0.2, 0) is 23.9 Å². The number of methoxy groups -OCH3 is 1. The number of Topliss-reactive ketones (excluding diaryl/α,β-unsaturated/α-hetero) is 1. The molecule has 2 unspecified atom stereocenters. The average Bonchev–Trinajstić information content (AvgIpc) is 3.00. The molecule has 0 aromatic heterocycles. The van der Waals surface area contributed by atoms with E-state index in [-0.39, 0.29) is 17.4 Å². The summed E-state index contributed by atoms with van der Waals surface area (Å²) in [6, 6.07) is 0. The molecule has 1 aliphatic carbocycles. The number of carbonyl (C=O) groups excluding carboxylic acids is 3.